The van der Waals surface area contributed by atoms with Crippen molar-refractivity contribution >= 4 is 5.91 Å². The number of aromatic amines is 1. The van der Waals surface area contributed by atoms with E-state index in [0.717, 1.165) is 0 Å². The topological polar surface area (TPSA) is 110 Å². The van der Waals surface area contributed by atoms with Gasteiger partial charge in [-0.2, -0.15) is 5.10 Å². The maximum atomic E-state index is 11.6. The van der Waals surface area contributed by atoms with Gasteiger partial charge in [-0.25, -0.2) is 10.9 Å². The molecule has 1 amide bonds. The van der Waals surface area contributed by atoms with Crippen LogP contribution in [0.1, 0.15) is 24.2 Å². The van der Waals surface area contributed by atoms with E-state index in [1.165, 1.54) is 6.07 Å². The number of hydrogen-bond donors (Lipinski definition) is 3. The molecule has 7 nitrogen and oxygen atoms in total. The SMILES string of the molecule is CC(C)COc1ccccc1-c1cc(C(=O)NN)c(=O)[nH]n1. The highest BCUT2D eigenvalue weighted by molar-refractivity contribution is 5.94. The average Bonchev–Trinajstić information content (AvgIpc) is 2.53. The van der Waals surface area contributed by atoms with E-state index in [0.29, 0.717) is 29.5 Å². The maximum Gasteiger partial charge on any atom is 0.277 e. The number of nitrogens with zero attached hydrogens (tertiary/aromatic N) is 1. The Morgan fingerprint density at radius 1 is 1.41 bits per heavy atom. The summed E-state index contributed by atoms with van der Waals surface area (Å²) in [7, 11) is 0. The summed E-state index contributed by atoms with van der Waals surface area (Å²) in [6.07, 6.45) is 0. The van der Waals surface area contributed by atoms with Gasteiger partial charge in [-0.1, -0.05) is 26.0 Å². The predicted molar refractivity (Wildman–Crippen MR) is 82.3 cm³/mol. The van der Waals surface area contributed by atoms with Crippen molar-refractivity contribution in [1.29, 1.82) is 0 Å². The quantitative estimate of drug-likeness (QED) is 0.435. The van der Waals surface area contributed by atoms with Crippen LogP contribution in [0.2, 0.25) is 0 Å². The van der Waals surface area contributed by atoms with Crippen molar-refractivity contribution in [2.75, 3.05) is 6.61 Å². The molecule has 0 aliphatic heterocycles. The van der Waals surface area contributed by atoms with Gasteiger partial charge in [0.15, 0.2) is 0 Å². The number of carbonyl (C=O) groups excluding carboxylic acids is 1. The lowest BCUT2D eigenvalue weighted by atomic mass is 10.1. The minimum absolute atomic E-state index is 0.105. The van der Waals surface area contributed by atoms with Crippen molar-refractivity contribution in [2.24, 2.45) is 11.8 Å². The Morgan fingerprint density at radius 3 is 2.82 bits per heavy atom. The number of benzene rings is 1. The number of rotatable bonds is 5. The van der Waals surface area contributed by atoms with E-state index < -0.39 is 11.5 Å². The molecule has 0 aliphatic rings. The van der Waals surface area contributed by atoms with Gasteiger partial charge in [0, 0.05) is 5.56 Å². The molecule has 22 heavy (non-hydrogen) atoms. The van der Waals surface area contributed by atoms with Crippen molar-refractivity contribution in [3.8, 4) is 17.0 Å². The lowest BCUT2D eigenvalue weighted by Gasteiger charge is -2.12. The molecule has 0 fully saturated rings. The zero-order valence-electron chi connectivity index (χ0n) is 12.4. The molecule has 2 aromatic rings. The first-order valence-corrected chi connectivity index (χ1v) is 6.85. The smallest absolute Gasteiger partial charge is 0.277 e. The first kappa shape index (κ1) is 15.7. The molecule has 0 spiro atoms. The minimum Gasteiger partial charge on any atom is -0.493 e. The van der Waals surface area contributed by atoms with E-state index in [4.69, 9.17) is 10.6 Å². The number of para-hydroxylation sites is 1. The molecule has 116 valence electrons. The van der Waals surface area contributed by atoms with Crippen LogP contribution < -0.4 is 21.6 Å². The van der Waals surface area contributed by atoms with Crippen LogP contribution >= 0.6 is 0 Å². The van der Waals surface area contributed by atoms with Crippen molar-refractivity contribution in [1.82, 2.24) is 15.6 Å². The molecule has 1 aromatic carbocycles. The van der Waals surface area contributed by atoms with Crippen LogP contribution in [0.4, 0.5) is 0 Å². The zero-order chi connectivity index (χ0) is 16.1. The van der Waals surface area contributed by atoms with Gasteiger partial charge in [-0.15, -0.1) is 0 Å². The van der Waals surface area contributed by atoms with Gasteiger partial charge < -0.3 is 4.74 Å². The monoisotopic (exact) mass is 302 g/mol. The Morgan fingerprint density at radius 2 is 2.14 bits per heavy atom. The van der Waals surface area contributed by atoms with Crippen LogP contribution in [0, 0.1) is 5.92 Å². The maximum absolute atomic E-state index is 11.6. The molecule has 0 aliphatic carbocycles. The first-order chi connectivity index (χ1) is 10.5. The van der Waals surface area contributed by atoms with Crippen molar-refractivity contribution in [2.45, 2.75) is 13.8 Å². The third kappa shape index (κ3) is 3.50. The van der Waals surface area contributed by atoms with Gasteiger partial charge in [0.2, 0.25) is 0 Å². The summed E-state index contributed by atoms with van der Waals surface area (Å²) in [6, 6.07) is 8.68. The van der Waals surface area contributed by atoms with Gasteiger partial charge >= 0.3 is 0 Å². The first-order valence-electron chi connectivity index (χ1n) is 6.85. The summed E-state index contributed by atoms with van der Waals surface area (Å²) in [5.74, 6) is 5.40. The highest BCUT2D eigenvalue weighted by Crippen LogP contribution is 2.28. The third-order valence-corrected chi connectivity index (χ3v) is 2.91. The average molecular weight is 302 g/mol. The summed E-state index contributed by atoms with van der Waals surface area (Å²) >= 11 is 0. The Hall–Kier alpha value is -2.67. The molecule has 0 bridgehead atoms. The molecule has 0 unspecified atom stereocenters. The van der Waals surface area contributed by atoms with Gasteiger partial charge in [-0.05, 0) is 24.1 Å². The van der Waals surface area contributed by atoms with E-state index in [2.05, 4.69) is 10.2 Å². The third-order valence-electron chi connectivity index (χ3n) is 2.91. The van der Waals surface area contributed by atoms with Crippen LogP contribution in [0.3, 0.4) is 0 Å². The zero-order valence-corrected chi connectivity index (χ0v) is 12.4. The number of nitrogens with one attached hydrogen (secondary N) is 2. The Labute approximate surface area is 127 Å². The fourth-order valence-corrected chi connectivity index (χ4v) is 1.85. The van der Waals surface area contributed by atoms with Crippen molar-refractivity contribution in [3.63, 3.8) is 0 Å². The number of aromatic nitrogens is 2. The molecule has 0 saturated carbocycles. The van der Waals surface area contributed by atoms with E-state index in [9.17, 15) is 9.59 Å². The lowest BCUT2D eigenvalue weighted by molar-refractivity contribution is 0.0952. The summed E-state index contributed by atoms with van der Waals surface area (Å²) in [5, 5.41) is 6.27. The van der Waals surface area contributed by atoms with Crippen molar-refractivity contribution < 1.29 is 9.53 Å². The molecule has 0 atom stereocenters. The number of ether oxygens (including phenoxy) is 1. The Bertz CT molecular complexity index is 725. The van der Waals surface area contributed by atoms with E-state index in [1.54, 1.807) is 6.07 Å². The highest BCUT2D eigenvalue weighted by Gasteiger charge is 2.14. The molecule has 4 N–H and O–H groups in total. The van der Waals surface area contributed by atoms with Gasteiger partial charge in [0.05, 0.1) is 12.3 Å². The fraction of sp³-hybridized carbons (Fsp3) is 0.267. The van der Waals surface area contributed by atoms with Gasteiger partial charge in [0.25, 0.3) is 11.5 Å². The second-order valence-corrected chi connectivity index (χ2v) is 5.17. The van der Waals surface area contributed by atoms with E-state index in [1.807, 2.05) is 37.5 Å². The van der Waals surface area contributed by atoms with Crippen LogP contribution in [0.15, 0.2) is 35.1 Å². The number of carbonyl (C=O) groups is 1. The second-order valence-electron chi connectivity index (χ2n) is 5.17. The largest absolute Gasteiger partial charge is 0.493 e. The Balaban J connectivity index is 2.44. The van der Waals surface area contributed by atoms with Crippen LogP contribution in [0.5, 0.6) is 5.75 Å². The molecule has 0 radical (unpaired) electrons. The summed E-state index contributed by atoms with van der Waals surface area (Å²) in [6.45, 7) is 4.64. The van der Waals surface area contributed by atoms with E-state index in [-0.39, 0.29) is 5.56 Å². The summed E-state index contributed by atoms with van der Waals surface area (Å²) in [4.78, 5) is 23.2. The summed E-state index contributed by atoms with van der Waals surface area (Å²) < 4.78 is 5.75. The van der Waals surface area contributed by atoms with E-state index >= 15 is 0 Å². The standard InChI is InChI=1S/C15H18N4O3/c1-9(2)8-22-13-6-4-3-5-10(13)12-7-11(14(20)17-16)15(21)19-18-12/h3-7,9H,8,16H2,1-2H3,(H,17,20)(H,19,21). The van der Waals surface area contributed by atoms with Crippen molar-refractivity contribution in [3.05, 3.63) is 46.2 Å². The number of hydrogen-bond acceptors (Lipinski definition) is 5. The molecule has 1 aromatic heterocycles. The molecule has 7 heteroatoms. The number of hydrazine groups is 1. The summed E-state index contributed by atoms with van der Waals surface area (Å²) in [5.41, 5.74) is 2.34. The number of H-pyrrole nitrogens is 1. The van der Waals surface area contributed by atoms with Gasteiger partial charge in [-0.3, -0.25) is 15.0 Å². The Kier molecular flexibility index (Phi) is 4.90. The van der Waals surface area contributed by atoms with Crippen LogP contribution in [-0.2, 0) is 0 Å². The lowest BCUT2D eigenvalue weighted by Crippen LogP contribution is -2.34. The fourth-order valence-electron chi connectivity index (χ4n) is 1.85. The van der Waals surface area contributed by atoms with Crippen LogP contribution in [-0.4, -0.2) is 22.7 Å². The number of amides is 1. The van der Waals surface area contributed by atoms with Gasteiger partial charge in [0.1, 0.15) is 11.3 Å². The van der Waals surface area contributed by atoms with Crippen LogP contribution in [0.25, 0.3) is 11.3 Å². The number of nitrogens with two attached hydrogens (primary N) is 1. The predicted octanol–water partition coefficient (Wildman–Crippen LogP) is 1.08. The molecule has 1 heterocycles. The molecular weight excluding hydrogens is 284 g/mol. The highest BCUT2D eigenvalue weighted by atomic mass is 16.5. The molecule has 2 rings (SSSR count). The number of nitrogen functional groups attached to an aromatic ring is 1. The minimum atomic E-state index is -0.675. The second kappa shape index (κ2) is 6.86. The molecule has 0 saturated heterocycles. The molecular formula is C15H18N4O3. The normalized spacial score (nSPS) is 10.5.